The summed E-state index contributed by atoms with van der Waals surface area (Å²) in [6, 6.07) is 24.7. The smallest absolute Gasteiger partial charge is 0.0486 e. The van der Waals surface area contributed by atoms with E-state index in [1.165, 1.54) is 38.7 Å². The Morgan fingerprint density at radius 2 is 1.67 bits per heavy atom. The number of aryl methyl sites for hydroxylation is 2. The van der Waals surface area contributed by atoms with E-state index in [9.17, 15) is 0 Å². The number of halogens is 1. The Morgan fingerprint density at radius 3 is 2.33 bits per heavy atom. The first kappa shape index (κ1) is 29.4. The Kier molecular flexibility index (Phi) is 10.6. The van der Waals surface area contributed by atoms with E-state index >= 15 is 0 Å². The standard InChI is InChI=1S/C34H45ClN4/c1-5-26-13-16-28(17-14-26)32-25-39(20-10-19-36)34-18-15-27(21-31(32)34)22-38(7-3)24-30(6-2)37(4)23-29-11-8-9-12-33(29)35/h8-9,11-18,21,25,30H,5-7,10,19-20,22-24,36H2,1-4H3. The third-order valence-electron chi connectivity index (χ3n) is 8.02. The van der Waals surface area contributed by atoms with Gasteiger partial charge in [-0.3, -0.25) is 9.80 Å². The molecule has 4 nitrogen and oxygen atoms in total. The van der Waals surface area contributed by atoms with Crippen molar-refractivity contribution in [2.75, 3.05) is 26.7 Å². The first-order valence-corrected chi connectivity index (χ1v) is 14.9. The summed E-state index contributed by atoms with van der Waals surface area (Å²) in [5.74, 6) is 0. The van der Waals surface area contributed by atoms with Crippen molar-refractivity contribution in [3.63, 3.8) is 0 Å². The molecule has 0 spiro atoms. The highest BCUT2D eigenvalue weighted by molar-refractivity contribution is 6.31. The van der Waals surface area contributed by atoms with E-state index in [0.717, 1.165) is 57.0 Å². The normalized spacial score (nSPS) is 12.6. The van der Waals surface area contributed by atoms with Gasteiger partial charge in [0.2, 0.25) is 0 Å². The summed E-state index contributed by atoms with van der Waals surface area (Å²) in [6.07, 6.45) is 5.45. The Labute approximate surface area is 240 Å². The highest BCUT2D eigenvalue weighted by atomic mass is 35.5. The Hall–Kier alpha value is -2.63. The fraction of sp³-hybridized carbons (Fsp3) is 0.412. The predicted molar refractivity (Wildman–Crippen MR) is 168 cm³/mol. The first-order valence-electron chi connectivity index (χ1n) is 14.5. The highest BCUT2D eigenvalue weighted by Crippen LogP contribution is 2.32. The van der Waals surface area contributed by atoms with Crippen molar-refractivity contribution in [1.29, 1.82) is 0 Å². The topological polar surface area (TPSA) is 37.4 Å². The minimum absolute atomic E-state index is 0.454. The van der Waals surface area contributed by atoms with Crippen molar-refractivity contribution in [1.82, 2.24) is 14.4 Å². The van der Waals surface area contributed by atoms with Crippen LogP contribution in [-0.2, 0) is 26.1 Å². The number of rotatable bonds is 14. The molecule has 0 aliphatic rings. The van der Waals surface area contributed by atoms with Gasteiger partial charge in [0.15, 0.2) is 0 Å². The second kappa shape index (κ2) is 14.1. The van der Waals surface area contributed by atoms with Gasteiger partial charge in [-0.2, -0.15) is 0 Å². The van der Waals surface area contributed by atoms with Crippen LogP contribution in [0.4, 0.5) is 0 Å². The van der Waals surface area contributed by atoms with E-state index in [1.54, 1.807) is 0 Å². The maximum atomic E-state index is 6.46. The van der Waals surface area contributed by atoms with Crippen LogP contribution in [0.2, 0.25) is 5.02 Å². The van der Waals surface area contributed by atoms with E-state index < -0.39 is 0 Å². The molecule has 2 N–H and O–H groups in total. The zero-order valence-electron chi connectivity index (χ0n) is 24.2. The molecule has 0 saturated carbocycles. The van der Waals surface area contributed by atoms with Gasteiger partial charge in [-0.1, -0.05) is 80.9 Å². The molecule has 0 amide bonds. The van der Waals surface area contributed by atoms with Crippen molar-refractivity contribution in [2.24, 2.45) is 5.73 Å². The number of hydrogen-bond acceptors (Lipinski definition) is 3. The van der Waals surface area contributed by atoms with Crippen LogP contribution in [0.25, 0.3) is 22.0 Å². The fourth-order valence-electron chi connectivity index (χ4n) is 5.51. The summed E-state index contributed by atoms with van der Waals surface area (Å²) in [7, 11) is 2.22. The van der Waals surface area contributed by atoms with Gasteiger partial charge < -0.3 is 10.3 Å². The van der Waals surface area contributed by atoms with Crippen molar-refractivity contribution >= 4 is 22.5 Å². The summed E-state index contributed by atoms with van der Waals surface area (Å²) in [6.45, 7) is 12.2. The molecule has 0 fully saturated rings. The minimum atomic E-state index is 0.454. The Bertz CT molecular complexity index is 1330. The minimum Gasteiger partial charge on any atom is -0.347 e. The zero-order valence-corrected chi connectivity index (χ0v) is 24.9. The summed E-state index contributed by atoms with van der Waals surface area (Å²) in [5.41, 5.74) is 13.6. The Morgan fingerprint density at radius 1 is 0.923 bits per heavy atom. The molecule has 1 unspecified atom stereocenters. The lowest BCUT2D eigenvalue weighted by Gasteiger charge is -2.32. The number of aromatic nitrogens is 1. The lowest BCUT2D eigenvalue weighted by molar-refractivity contribution is 0.152. The van der Waals surface area contributed by atoms with Crippen LogP contribution < -0.4 is 5.73 Å². The quantitative estimate of drug-likeness (QED) is 0.177. The second-order valence-corrected chi connectivity index (χ2v) is 11.1. The summed E-state index contributed by atoms with van der Waals surface area (Å²) in [4.78, 5) is 5.02. The maximum Gasteiger partial charge on any atom is 0.0486 e. The van der Waals surface area contributed by atoms with Gasteiger partial charge in [0.25, 0.3) is 0 Å². The molecule has 39 heavy (non-hydrogen) atoms. The fourth-order valence-corrected chi connectivity index (χ4v) is 5.70. The zero-order chi connectivity index (χ0) is 27.8. The molecule has 5 heteroatoms. The Balaban J connectivity index is 1.56. The molecule has 4 aromatic rings. The van der Waals surface area contributed by atoms with E-state index in [-0.39, 0.29) is 0 Å². The van der Waals surface area contributed by atoms with Gasteiger partial charge in [-0.05, 0) is 79.9 Å². The van der Waals surface area contributed by atoms with Crippen molar-refractivity contribution < 1.29 is 0 Å². The molecule has 208 valence electrons. The molecule has 0 bridgehead atoms. The number of benzene rings is 3. The maximum absolute atomic E-state index is 6.46. The van der Waals surface area contributed by atoms with Crippen LogP contribution in [0, 0.1) is 0 Å². The molecule has 0 aliphatic heterocycles. The molecule has 1 heterocycles. The van der Waals surface area contributed by atoms with Gasteiger partial charge in [0.1, 0.15) is 0 Å². The largest absolute Gasteiger partial charge is 0.347 e. The molecule has 1 aromatic heterocycles. The predicted octanol–water partition coefficient (Wildman–Crippen LogP) is 7.61. The van der Waals surface area contributed by atoms with Crippen molar-refractivity contribution in [3.8, 4) is 11.1 Å². The first-order chi connectivity index (χ1) is 19.0. The number of hydrogen-bond donors (Lipinski definition) is 1. The van der Waals surface area contributed by atoms with Gasteiger partial charge in [-0.15, -0.1) is 0 Å². The molecule has 0 aliphatic carbocycles. The molecule has 3 aromatic carbocycles. The molecule has 0 saturated heterocycles. The number of nitrogens with zero attached hydrogens (tertiary/aromatic N) is 3. The number of fused-ring (bicyclic) bond motifs is 1. The van der Waals surface area contributed by atoms with Crippen LogP contribution in [0.1, 0.15) is 50.3 Å². The third-order valence-corrected chi connectivity index (χ3v) is 8.39. The molecular weight excluding hydrogens is 500 g/mol. The molecule has 4 rings (SSSR count). The highest BCUT2D eigenvalue weighted by Gasteiger charge is 2.19. The van der Waals surface area contributed by atoms with Gasteiger partial charge in [-0.25, -0.2) is 0 Å². The van der Waals surface area contributed by atoms with Crippen LogP contribution >= 0.6 is 11.6 Å². The SMILES string of the molecule is CCc1ccc(-c2cn(CCCN)c3ccc(CN(CC)CC(CC)N(C)Cc4ccccc4Cl)cc23)cc1. The average molecular weight is 545 g/mol. The van der Waals surface area contributed by atoms with Crippen LogP contribution in [0.15, 0.2) is 72.9 Å². The van der Waals surface area contributed by atoms with E-state index in [1.807, 2.05) is 12.1 Å². The summed E-state index contributed by atoms with van der Waals surface area (Å²) >= 11 is 6.46. The van der Waals surface area contributed by atoms with E-state index in [2.05, 4.69) is 103 Å². The van der Waals surface area contributed by atoms with Gasteiger partial charge >= 0.3 is 0 Å². The lowest BCUT2D eigenvalue weighted by atomic mass is 10.0. The van der Waals surface area contributed by atoms with Crippen LogP contribution in [0.3, 0.4) is 0 Å². The van der Waals surface area contributed by atoms with Crippen LogP contribution in [-0.4, -0.2) is 47.1 Å². The van der Waals surface area contributed by atoms with Crippen molar-refractivity contribution in [2.45, 2.75) is 65.7 Å². The molecular formula is C34H45ClN4. The summed E-state index contributed by atoms with van der Waals surface area (Å²) < 4.78 is 2.38. The number of likely N-dealkylation sites (N-methyl/N-ethyl adjacent to an activating group) is 2. The van der Waals surface area contributed by atoms with Crippen LogP contribution in [0.5, 0.6) is 0 Å². The third kappa shape index (κ3) is 7.32. The lowest BCUT2D eigenvalue weighted by Crippen LogP contribution is -2.41. The van der Waals surface area contributed by atoms with Crippen molar-refractivity contribution in [3.05, 3.63) is 94.6 Å². The van der Waals surface area contributed by atoms with E-state index in [4.69, 9.17) is 17.3 Å². The average Bonchev–Trinajstić information content (AvgIpc) is 3.32. The molecule has 1 atom stereocenters. The van der Waals surface area contributed by atoms with Gasteiger partial charge in [0, 0.05) is 59.9 Å². The second-order valence-electron chi connectivity index (χ2n) is 10.7. The molecule has 0 radical (unpaired) electrons. The number of nitrogens with two attached hydrogens (primary N) is 1. The van der Waals surface area contributed by atoms with Gasteiger partial charge in [0.05, 0.1) is 0 Å². The monoisotopic (exact) mass is 544 g/mol. The summed E-state index contributed by atoms with van der Waals surface area (Å²) in [5, 5.41) is 2.17. The van der Waals surface area contributed by atoms with E-state index in [0.29, 0.717) is 12.6 Å².